The predicted molar refractivity (Wildman–Crippen MR) is 89.7 cm³/mol. The van der Waals surface area contributed by atoms with E-state index in [9.17, 15) is 4.79 Å². The van der Waals surface area contributed by atoms with Crippen molar-refractivity contribution in [3.63, 3.8) is 0 Å². The van der Waals surface area contributed by atoms with E-state index in [4.69, 9.17) is 21.7 Å². The maximum absolute atomic E-state index is 12.6. The second-order valence-corrected chi connectivity index (χ2v) is 5.78. The van der Waals surface area contributed by atoms with Crippen LogP contribution in [0.1, 0.15) is 0 Å². The molecule has 0 saturated carbocycles. The van der Waals surface area contributed by atoms with Gasteiger partial charge in [0, 0.05) is 0 Å². The van der Waals surface area contributed by atoms with Crippen molar-refractivity contribution in [2.45, 2.75) is 12.6 Å². The van der Waals surface area contributed by atoms with Gasteiger partial charge in [-0.05, 0) is 36.5 Å². The zero-order valence-corrected chi connectivity index (χ0v) is 13.0. The lowest BCUT2D eigenvalue weighted by atomic mass is 10.2. The lowest BCUT2D eigenvalue weighted by molar-refractivity contribution is 0.0774. The third kappa shape index (κ3) is 2.51. The van der Waals surface area contributed by atoms with Gasteiger partial charge in [0.15, 0.2) is 22.4 Å². The highest BCUT2D eigenvalue weighted by atomic mass is 32.1. The molecule has 4 rings (SSSR count). The molecule has 5 nitrogen and oxygen atoms in total. The molecule has 0 bridgehead atoms. The van der Waals surface area contributed by atoms with E-state index in [1.54, 1.807) is 6.07 Å². The number of aromatic amines is 1. The van der Waals surface area contributed by atoms with Crippen molar-refractivity contribution in [1.82, 2.24) is 9.55 Å². The zero-order chi connectivity index (χ0) is 15.8. The zero-order valence-electron chi connectivity index (χ0n) is 12.2. The molecule has 0 amide bonds. The van der Waals surface area contributed by atoms with Crippen molar-refractivity contribution in [3.05, 3.63) is 63.7 Å². The Bertz CT molecular complexity index is 993. The number of nitrogens with one attached hydrogen (secondary N) is 1. The first-order valence-corrected chi connectivity index (χ1v) is 7.73. The first-order chi connectivity index (χ1) is 11.2. The summed E-state index contributed by atoms with van der Waals surface area (Å²) in [6.07, 6.45) is -0.265. The molecule has 23 heavy (non-hydrogen) atoms. The smallest absolute Gasteiger partial charge is 0.262 e. The van der Waals surface area contributed by atoms with Crippen molar-refractivity contribution < 1.29 is 9.47 Å². The van der Waals surface area contributed by atoms with Gasteiger partial charge in [0.1, 0.15) is 6.61 Å². The van der Waals surface area contributed by atoms with Crippen molar-refractivity contribution >= 4 is 23.1 Å². The molecule has 1 aromatic heterocycles. The molecule has 6 heteroatoms. The quantitative estimate of drug-likeness (QED) is 0.736. The van der Waals surface area contributed by atoms with Crippen LogP contribution in [0.2, 0.25) is 0 Å². The Kier molecular flexibility index (Phi) is 3.38. The molecule has 1 aliphatic rings. The standard InChI is InChI=1S/C17H14N2O3S/c20-16-12-5-1-2-6-13(12)18-17(23)19(16)9-11-10-21-14-7-3-4-8-15(14)22-11/h1-8,11H,9-10H2,(H,18,23). The molecular weight excluding hydrogens is 312 g/mol. The summed E-state index contributed by atoms with van der Waals surface area (Å²) in [6.45, 7) is 0.721. The molecule has 2 aromatic carbocycles. The summed E-state index contributed by atoms with van der Waals surface area (Å²) in [5.41, 5.74) is 0.622. The van der Waals surface area contributed by atoms with Crippen LogP contribution < -0.4 is 15.0 Å². The van der Waals surface area contributed by atoms with Gasteiger partial charge in [-0.15, -0.1) is 0 Å². The van der Waals surface area contributed by atoms with Gasteiger partial charge in [-0.3, -0.25) is 9.36 Å². The molecule has 0 fully saturated rings. The lowest BCUT2D eigenvalue weighted by Gasteiger charge is -2.26. The number of benzene rings is 2. The minimum Gasteiger partial charge on any atom is -0.486 e. The van der Waals surface area contributed by atoms with E-state index in [0.717, 1.165) is 11.3 Å². The van der Waals surface area contributed by atoms with Crippen LogP contribution in [0.4, 0.5) is 0 Å². The Morgan fingerprint density at radius 1 is 1.13 bits per heavy atom. The number of rotatable bonds is 2. The first kappa shape index (κ1) is 14.0. The highest BCUT2D eigenvalue weighted by Gasteiger charge is 2.22. The fourth-order valence-electron chi connectivity index (χ4n) is 2.72. The van der Waals surface area contributed by atoms with Gasteiger partial charge in [0.05, 0.1) is 17.4 Å². The van der Waals surface area contributed by atoms with Crippen LogP contribution in [0.3, 0.4) is 0 Å². The lowest BCUT2D eigenvalue weighted by Crippen LogP contribution is -2.37. The summed E-state index contributed by atoms with van der Waals surface area (Å²) in [5.74, 6) is 1.41. The van der Waals surface area contributed by atoms with Crippen molar-refractivity contribution in [3.8, 4) is 11.5 Å². The van der Waals surface area contributed by atoms with Gasteiger partial charge in [0.2, 0.25) is 0 Å². The normalized spacial score (nSPS) is 16.4. The molecule has 1 aliphatic heterocycles. The minimum atomic E-state index is -0.265. The van der Waals surface area contributed by atoms with Crippen LogP contribution in [0.25, 0.3) is 10.9 Å². The molecule has 2 heterocycles. The molecule has 116 valence electrons. The molecular formula is C17H14N2O3S. The van der Waals surface area contributed by atoms with Gasteiger partial charge in [0.25, 0.3) is 5.56 Å². The minimum absolute atomic E-state index is 0.119. The van der Waals surface area contributed by atoms with Crippen LogP contribution in [0, 0.1) is 4.77 Å². The Hall–Kier alpha value is -2.60. The van der Waals surface area contributed by atoms with E-state index in [0.29, 0.717) is 29.1 Å². The number of aromatic nitrogens is 2. The van der Waals surface area contributed by atoms with Crippen LogP contribution in [0.5, 0.6) is 11.5 Å². The number of ether oxygens (including phenoxy) is 2. The van der Waals surface area contributed by atoms with E-state index >= 15 is 0 Å². The average Bonchev–Trinajstić information content (AvgIpc) is 2.58. The summed E-state index contributed by atoms with van der Waals surface area (Å²) in [6, 6.07) is 14.8. The van der Waals surface area contributed by atoms with E-state index in [1.165, 1.54) is 4.57 Å². The molecule has 1 N–H and O–H groups in total. The van der Waals surface area contributed by atoms with Crippen LogP contribution in [0.15, 0.2) is 53.3 Å². The van der Waals surface area contributed by atoms with Gasteiger partial charge in [-0.2, -0.15) is 0 Å². The van der Waals surface area contributed by atoms with E-state index in [-0.39, 0.29) is 11.7 Å². The van der Waals surface area contributed by atoms with Gasteiger partial charge in [-0.25, -0.2) is 0 Å². The summed E-state index contributed by atoms with van der Waals surface area (Å²) in [4.78, 5) is 15.7. The van der Waals surface area contributed by atoms with Crippen molar-refractivity contribution in [2.24, 2.45) is 0 Å². The van der Waals surface area contributed by atoms with Crippen LogP contribution >= 0.6 is 12.2 Å². The highest BCUT2D eigenvalue weighted by Crippen LogP contribution is 2.31. The number of hydrogen-bond donors (Lipinski definition) is 1. The SMILES string of the molecule is O=c1c2ccccc2[nH]c(=S)n1CC1COc2ccccc2O1. The largest absolute Gasteiger partial charge is 0.486 e. The van der Waals surface area contributed by atoms with Crippen LogP contribution in [-0.4, -0.2) is 22.3 Å². The Morgan fingerprint density at radius 2 is 1.87 bits per heavy atom. The first-order valence-electron chi connectivity index (χ1n) is 7.33. The molecule has 0 spiro atoms. The Labute approximate surface area is 137 Å². The number of hydrogen-bond acceptors (Lipinski definition) is 4. The Balaban J connectivity index is 1.69. The fraction of sp³-hybridized carbons (Fsp3) is 0.176. The van der Waals surface area contributed by atoms with E-state index < -0.39 is 0 Å². The maximum atomic E-state index is 12.6. The Morgan fingerprint density at radius 3 is 2.74 bits per heavy atom. The molecule has 0 aliphatic carbocycles. The summed E-state index contributed by atoms with van der Waals surface area (Å²) in [5, 5.41) is 0.609. The summed E-state index contributed by atoms with van der Waals surface area (Å²) < 4.78 is 13.5. The number of para-hydroxylation sites is 3. The summed E-state index contributed by atoms with van der Waals surface area (Å²) >= 11 is 5.32. The van der Waals surface area contributed by atoms with Gasteiger partial charge in [-0.1, -0.05) is 24.3 Å². The number of fused-ring (bicyclic) bond motifs is 2. The fourth-order valence-corrected chi connectivity index (χ4v) is 2.99. The summed E-state index contributed by atoms with van der Waals surface area (Å²) in [7, 11) is 0. The topological polar surface area (TPSA) is 56.2 Å². The second kappa shape index (κ2) is 5.55. The van der Waals surface area contributed by atoms with Gasteiger partial charge < -0.3 is 14.5 Å². The average molecular weight is 326 g/mol. The highest BCUT2D eigenvalue weighted by molar-refractivity contribution is 7.71. The molecule has 0 saturated heterocycles. The third-order valence-corrected chi connectivity index (χ3v) is 4.17. The van der Waals surface area contributed by atoms with E-state index in [2.05, 4.69) is 4.98 Å². The van der Waals surface area contributed by atoms with Crippen molar-refractivity contribution in [2.75, 3.05) is 6.61 Å². The molecule has 1 atom stereocenters. The molecule has 1 unspecified atom stereocenters. The predicted octanol–water partition coefficient (Wildman–Crippen LogP) is 2.90. The monoisotopic (exact) mass is 326 g/mol. The van der Waals surface area contributed by atoms with Crippen molar-refractivity contribution in [1.29, 1.82) is 0 Å². The molecule has 0 radical (unpaired) electrons. The number of nitrogens with zero attached hydrogens (tertiary/aromatic N) is 1. The van der Waals surface area contributed by atoms with E-state index in [1.807, 2.05) is 42.5 Å². The maximum Gasteiger partial charge on any atom is 0.262 e. The number of H-pyrrole nitrogens is 1. The van der Waals surface area contributed by atoms with Crippen LogP contribution in [-0.2, 0) is 6.54 Å². The van der Waals surface area contributed by atoms with Gasteiger partial charge >= 0.3 is 0 Å². The third-order valence-electron chi connectivity index (χ3n) is 3.84. The second-order valence-electron chi connectivity index (χ2n) is 5.39. The molecule has 3 aromatic rings.